The van der Waals surface area contributed by atoms with Crippen LogP contribution in [0, 0.1) is 0 Å². The molecule has 1 heterocycles. The highest BCUT2D eigenvalue weighted by Crippen LogP contribution is 2.38. The van der Waals surface area contributed by atoms with Crippen molar-refractivity contribution in [3.05, 3.63) is 28.8 Å². The number of hydrazone groups is 1. The average Bonchev–Trinajstić information content (AvgIpc) is 3.13. The first-order chi connectivity index (χ1) is 13.6. The van der Waals surface area contributed by atoms with Gasteiger partial charge in [0.05, 0.1) is 45.8 Å². The lowest BCUT2D eigenvalue weighted by atomic mass is 10.2. The van der Waals surface area contributed by atoms with Gasteiger partial charge in [-0.3, -0.25) is 10.2 Å². The van der Waals surface area contributed by atoms with Crippen LogP contribution in [-0.4, -0.2) is 44.6 Å². The van der Waals surface area contributed by atoms with Crippen LogP contribution in [0.2, 0.25) is 0 Å². The smallest absolute Gasteiger partial charge is 0.311 e. The van der Waals surface area contributed by atoms with Crippen molar-refractivity contribution in [2.24, 2.45) is 5.10 Å². The van der Waals surface area contributed by atoms with Crippen molar-refractivity contribution in [2.75, 3.05) is 32.9 Å². The number of rotatable bonds is 11. The Morgan fingerprint density at radius 2 is 1.96 bits per heavy atom. The molecule has 0 radical (unpaired) electrons. The number of ether oxygens (including phenoxy) is 4. The maximum Gasteiger partial charge on any atom is 0.311 e. The molecule has 1 N–H and O–H groups in total. The third-order valence-corrected chi connectivity index (χ3v) is 4.29. The third kappa shape index (κ3) is 6.12. The molecule has 0 aliphatic carbocycles. The summed E-state index contributed by atoms with van der Waals surface area (Å²) < 4.78 is 21.5. The molecule has 0 saturated heterocycles. The predicted molar refractivity (Wildman–Crippen MR) is 109 cm³/mol. The lowest BCUT2D eigenvalue weighted by Crippen LogP contribution is -2.07. The fourth-order valence-electron chi connectivity index (χ4n) is 2.28. The summed E-state index contributed by atoms with van der Waals surface area (Å²) in [5, 5.41) is 6.56. The van der Waals surface area contributed by atoms with E-state index in [-0.39, 0.29) is 12.4 Å². The summed E-state index contributed by atoms with van der Waals surface area (Å²) in [6.45, 7) is 4.73. The van der Waals surface area contributed by atoms with Gasteiger partial charge in [0.15, 0.2) is 11.5 Å². The first-order valence-corrected chi connectivity index (χ1v) is 9.77. The van der Waals surface area contributed by atoms with E-state index in [1.807, 2.05) is 19.1 Å². The maximum absolute atomic E-state index is 11.5. The quantitative estimate of drug-likeness (QED) is 0.346. The molecule has 0 unspecified atom stereocenters. The Morgan fingerprint density at radius 1 is 1.25 bits per heavy atom. The van der Waals surface area contributed by atoms with Crippen molar-refractivity contribution in [1.82, 2.24) is 4.98 Å². The Bertz CT molecular complexity index is 782. The van der Waals surface area contributed by atoms with Crippen LogP contribution in [0.3, 0.4) is 0 Å². The highest BCUT2D eigenvalue weighted by molar-refractivity contribution is 7.13. The Balaban J connectivity index is 2.05. The lowest BCUT2D eigenvalue weighted by Gasteiger charge is -2.14. The van der Waals surface area contributed by atoms with E-state index in [1.54, 1.807) is 32.7 Å². The van der Waals surface area contributed by atoms with Crippen molar-refractivity contribution in [3.8, 4) is 17.2 Å². The summed E-state index contributed by atoms with van der Waals surface area (Å²) in [6, 6.07) is 3.62. The van der Waals surface area contributed by atoms with Crippen molar-refractivity contribution >= 4 is 28.7 Å². The Kier molecular flexibility index (Phi) is 8.54. The number of nitrogens with zero attached hydrogens (tertiary/aromatic N) is 2. The van der Waals surface area contributed by atoms with E-state index in [9.17, 15) is 4.79 Å². The number of carbonyl (C=O) groups is 1. The largest absolute Gasteiger partial charge is 0.493 e. The second kappa shape index (κ2) is 11.1. The zero-order valence-electron chi connectivity index (χ0n) is 16.5. The number of methoxy groups -OCH3 is 2. The monoisotopic (exact) mass is 407 g/mol. The molecule has 0 saturated carbocycles. The summed E-state index contributed by atoms with van der Waals surface area (Å²) in [7, 11) is 3.15. The summed E-state index contributed by atoms with van der Waals surface area (Å²) in [5.41, 5.74) is 4.27. The van der Waals surface area contributed by atoms with Gasteiger partial charge < -0.3 is 18.9 Å². The molecule has 152 valence electrons. The van der Waals surface area contributed by atoms with Gasteiger partial charge in [-0.15, -0.1) is 11.3 Å². The fraction of sp³-hybridized carbons (Fsp3) is 0.421. The molecule has 1 aromatic heterocycles. The second-order valence-electron chi connectivity index (χ2n) is 5.60. The molecule has 0 atom stereocenters. The van der Waals surface area contributed by atoms with Gasteiger partial charge in [0.25, 0.3) is 0 Å². The van der Waals surface area contributed by atoms with Crippen LogP contribution in [0.15, 0.2) is 22.6 Å². The second-order valence-corrected chi connectivity index (χ2v) is 6.46. The van der Waals surface area contributed by atoms with Crippen molar-refractivity contribution < 1.29 is 23.7 Å². The van der Waals surface area contributed by atoms with Crippen LogP contribution in [0.5, 0.6) is 17.2 Å². The summed E-state index contributed by atoms with van der Waals surface area (Å²) in [6.07, 6.45) is 2.65. The normalized spacial score (nSPS) is 10.7. The third-order valence-electron chi connectivity index (χ3n) is 3.49. The molecule has 0 amide bonds. The van der Waals surface area contributed by atoms with Crippen molar-refractivity contribution in [1.29, 1.82) is 0 Å². The molecule has 28 heavy (non-hydrogen) atoms. The summed E-state index contributed by atoms with van der Waals surface area (Å²) in [5.74, 6) is 1.41. The van der Waals surface area contributed by atoms with Crippen LogP contribution in [-0.2, 0) is 16.0 Å². The Hall–Kier alpha value is -2.81. The topological polar surface area (TPSA) is 91.3 Å². The number of benzene rings is 1. The van der Waals surface area contributed by atoms with Gasteiger partial charge in [-0.1, -0.05) is 6.92 Å². The van der Waals surface area contributed by atoms with E-state index in [2.05, 4.69) is 15.5 Å². The standard InChI is InChI=1S/C19H25N3O5S/c1-5-7-27-18-15(24-3)8-13(9-16(18)25-4)11-20-22-19-21-14(12-28-19)10-17(23)26-6-2/h8-9,11-12H,5-7,10H2,1-4H3,(H,21,22)/b20-11-. The molecule has 0 aliphatic rings. The SMILES string of the molecule is CCCOc1c(OC)cc(/C=N\Nc2nc(CC(=O)OCC)cs2)cc1OC. The molecule has 1 aromatic carbocycles. The zero-order valence-corrected chi connectivity index (χ0v) is 17.3. The van der Waals surface area contributed by atoms with Gasteiger partial charge in [0, 0.05) is 10.9 Å². The summed E-state index contributed by atoms with van der Waals surface area (Å²) in [4.78, 5) is 15.8. The van der Waals surface area contributed by atoms with Gasteiger partial charge in [-0.25, -0.2) is 4.98 Å². The van der Waals surface area contributed by atoms with Gasteiger partial charge in [0.2, 0.25) is 10.9 Å². The van der Waals surface area contributed by atoms with E-state index < -0.39 is 0 Å². The molecule has 0 bridgehead atoms. The highest BCUT2D eigenvalue weighted by atomic mass is 32.1. The molecular formula is C19H25N3O5S. The Morgan fingerprint density at radius 3 is 2.57 bits per heavy atom. The molecule has 0 aliphatic heterocycles. The number of anilines is 1. The molecule has 8 nitrogen and oxygen atoms in total. The fourth-order valence-corrected chi connectivity index (χ4v) is 2.94. The zero-order chi connectivity index (χ0) is 20.4. The number of esters is 1. The van der Waals surface area contributed by atoms with Crippen LogP contribution in [0.1, 0.15) is 31.5 Å². The highest BCUT2D eigenvalue weighted by Gasteiger charge is 2.13. The minimum absolute atomic E-state index is 0.142. The van der Waals surface area contributed by atoms with Gasteiger partial charge >= 0.3 is 5.97 Å². The summed E-state index contributed by atoms with van der Waals surface area (Å²) >= 11 is 1.36. The lowest BCUT2D eigenvalue weighted by molar-refractivity contribution is -0.142. The first-order valence-electron chi connectivity index (χ1n) is 8.89. The molecular weight excluding hydrogens is 382 g/mol. The average molecular weight is 407 g/mol. The number of nitrogens with one attached hydrogen (secondary N) is 1. The van der Waals surface area contributed by atoms with Gasteiger partial charge in [-0.05, 0) is 25.5 Å². The van der Waals surface area contributed by atoms with Crippen LogP contribution in [0.25, 0.3) is 0 Å². The maximum atomic E-state index is 11.5. The number of hydrogen-bond acceptors (Lipinski definition) is 9. The number of carbonyl (C=O) groups excluding carboxylic acids is 1. The molecule has 2 rings (SSSR count). The van der Waals surface area contributed by atoms with E-state index >= 15 is 0 Å². The first kappa shape index (κ1) is 21.5. The van der Waals surface area contributed by atoms with Crippen LogP contribution >= 0.6 is 11.3 Å². The van der Waals surface area contributed by atoms with Gasteiger partial charge in [-0.2, -0.15) is 5.10 Å². The molecule has 0 spiro atoms. The number of thiazole rings is 1. The van der Waals surface area contributed by atoms with E-state index in [1.165, 1.54) is 11.3 Å². The molecule has 2 aromatic rings. The van der Waals surface area contributed by atoms with Crippen molar-refractivity contribution in [2.45, 2.75) is 26.7 Å². The Labute approximate surface area is 168 Å². The molecule has 9 heteroatoms. The predicted octanol–water partition coefficient (Wildman–Crippen LogP) is 3.50. The minimum atomic E-state index is -0.299. The van der Waals surface area contributed by atoms with Gasteiger partial charge in [0.1, 0.15) is 0 Å². The number of aromatic nitrogens is 1. The molecule has 0 fully saturated rings. The van der Waals surface area contributed by atoms with Crippen molar-refractivity contribution in [3.63, 3.8) is 0 Å². The number of hydrogen-bond donors (Lipinski definition) is 1. The minimum Gasteiger partial charge on any atom is -0.493 e. The van der Waals surface area contributed by atoms with Crippen LogP contribution < -0.4 is 19.6 Å². The van der Waals surface area contributed by atoms with E-state index in [4.69, 9.17) is 18.9 Å². The van der Waals surface area contributed by atoms with E-state index in [0.717, 1.165) is 12.0 Å². The van der Waals surface area contributed by atoms with E-state index in [0.29, 0.717) is 41.3 Å². The van der Waals surface area contributed by atoms with Crippen LogP contribution in [0.4, 0.5) is 5.13 Å².